The third-order valence-electron chi connectivity index (χ3n) is 3.86. The monoisotopic (exact) mass is 358 g/mol. The summed E-state index contributed by atoms with van der Waals surface area (Å²) in [4.78, 5) is 19.0. The van der Waals surface area contributed by atoms with Crippen LogP contribution < -0.4 is 4.74 Å². The smallest absolute Gasteiger partial charge is 0.266 e. The van der Waals surface area contributed by atoms with Gasteiger partial charge in [-0.1, -0.05) is 43.0 Å². The molecule has 1 atom stereocenters. The maximum Gasteiger partial charge on any atom is 0.266 e. The van der Waals surface area contributed by atoms with Crippen LogP contribution in [-0.4, -0.2) is 34.4 Å². The standard InChI is InChI=1S/C19H19FN2O2S/c1-2-16-13-25-19(21-15-8-4-3-5-9-15)22(16)18(23)12-24-17-10-6-7-14(20)11-17/h3-11,16H,2,12-13H2,1H3/t16-/m1/s1. The molecule has 1 fully saturated rings. The number of para-hydroxylation sites is 1. The van der Waals surface area contributed by atoms with Crippen molar-refractivity contribution in [3.63, 3.8) is 0 Å². The summed E-state index contributed by atoms with van der Waals surface area (Å²) in [5, 5.41) is 0.686. The predicted molar refractivity (Wildman–Crippen MR) is 98.8 cm³/mol. The van der Waals surface area contributed by atoms with Gasteiger partial charge in [-0.25, -0.2) is 9.38 Å². The van der Waals surface area contributed by atoms with Crippen molar-refractivity contribution in [1.82, 2.24) is 4.90 Å². The van der Waals surface area contributed by atoms with Crippen molar-refractivity contribution in [2.45, 2.75) is 19.4 Å². The Morgan fingerprint density at radius 1 is 1.28 bits per heavy atom. The molecule has 25 heavy (non-hydrogen) atoms. The highest BCUT2D eigenvalue weighted by Crippen LogP contribution is 2.29. The van der Waals surface area contributed by atoms with E-state index in [1.54, 1.807) is 28.8 Å². The number of nitrogens with zero attached hydrogens (tertiary/aromatic N) is 2. The fraction of sp³-hybridized carbons (Fsp3) is 0.263. The highest BCUT2D eigenvalue weighted by atomic mass is 32.2. The van der Waals surface area contributed by atoms with E-state index < -0.39 is 0 Å². The molecule has 0 radical (unpaired) electrons. The van der Waals surface area contributed by atoms with E-state index in [0.29, 0.717) is 10.9 Å². The summed E-state index contributed by atoms with van der Waals surface area (Å²) in [5.41, 5.74) is 0.811. The maximum atomic E-state index is 13.2. The Morgan fingerprint density at radius 3 is 2.80 bits per heavy atom. The average Bonchev–Trinajstić information content (AvgIpc) is 3.03. The number of carbonyl (C=O) groups is 1. The van der Waals surface area contributed by atoms with Crippen LogP contribution >= 0.6 is 11.8 Å². The minimum atomic E-state index is -0.389. The van der Waals surface area contributed by atoms with Crippen LogP contribution in [0, 0.1) is 5.82 Å². The molecule has 1 heterocycles. The van der Waals surface area contributed by atoms with Crippen LogP contribution in [0.15, 0.2) is 59.6 Å². The summed E-state index contributed by atoms with van der Waals surface area (Å²) in [6, 6.07) is 15.4. The first-order chi connectivity index (χ1) is 12.2. The van der Waals surface area contributed by atoms with E-state index >= 15 is 0 Å². The number of amides is 1. The minimum Gasteiger partial charge on any atom is -0.484 e. The van der Waals surface area contributed by atoms with E-state index in [0.717, 1.165) is 17.9 Å². The lowest BCUT2D eigenvalue weighted by atomic mass is 10.2. The van der Waals surface area contributed by atoms with Crippen LogP contribution in [-0.2, 0) is 4.79 Å². The van der Waals surface area contributed by atoms with Crippen LogP contribution in [0.5, 0.6) is 5.75 Å². The Morgan fingerprint density at radius 2 is 2.08 bits per heavy atom. The Balaban J connectivity index is 1.74. The molecule has 0 aromatic heterocycles. The molecule has 4 nitrogen and oxygen atoms in total. The fourth-order valence-electron chi connectivity index (χ4n) is 2.55. The Labute approximate surface area is 150 Å². The number of hydrogen-bond donors (Lipinski definition) is 0. The Bertz CT molecular complexity index is 767. The molecule has 3 rings (SSSR count). The highest BCUT2D eigenvalue weighted by molar-refractivity contribution is 8.14. The number of carbonyl (C=O) groups excluding carboxylic acids is 1. The molecule has 1 aliphatic rings. The summed E-state index contributed by atoms with van der Waals surface area (Å²) in [7, 11) is 0. The Hall–Kier alpha value is -2.34. The third kappa shape index (κ3) is 4.39. The topological polar surface area (TPSA) is 41.9 Å². The van der Waals surface area contributed by atoms with Gasteiger partial charge in [0.2, 0.25) is 0 Å². The molecule has 2 aromatic rings. The SMILES string of the molecule is CC[C@@H]1CSC(=Nc2ccccc2)N1C(=O)COc1cccc(F)c1. The summed E-state index contributed by atoms with van der Waals surface area (Å²) in [6.45, 7) is 1.90. The van der Waals surface area contributed by atoms with E-state index in [1.807, 2.05) is 37.3 Å². The summed E-state index contributed by atoms with van der Waals surface area (Å²) in [6.07, 6.45) is 0.840. The van der Waals surface area contributed by atoms with E-state index in [9.17, 15) is 9.18 Å². The van der Waals surface area contributed by atoms with Gasteiger partial charge in [-0.2, -0.15) is 0 Å². The van der Waals surface area contributed by atoms with Gasteiger partial charge < -0.3 is 4.74 Å². The van der Waals surface area contributed by atoms with Crippen molar-refractivity contribution >= 4 is 28.5 Å². The minimum absolute atomic E-state index is 0.0936. The van der Waals surface area contributed by atoms with Crippen molar-refractivity contribution < 1.29 is 13.9 Å². The first-order valence-corrected chi connectivity index (χ1v) is 9.13. The fourth-order valence-corrected chi connectivity index (χ4v) is 3.84. The van der Waals surface area contributed by atoms with Crippen molar-refractivity contribution in [2.75, 3.05) is 12.4 Å². The molecule has 0 aliphatic carbocycles. The molecule has 0 saturated carbocycles. The molecule has 0 bridgehead atoms. The first-order valence-electron chi connectivity index (χ1n) is 8.14. The zero-order valence-corrected chi connectivity index (χ0v) is 14.7. The number of ether oxygens (including phenoxy) is 1. The predicted octanol–water partition coefficient (Wildman–Crippen LogP) is 4.25. The van der Waals surface area contributed by atoms with Gasteiger partial charge in [-0.3, -0.25) is 9.69 Å². The van der Waals surface area contributed by atoms with Gasteiger partial charge in [0, 0.05) is 17.9 Å². The molecule has 1 saturated heterocycles. The molecule has 0 unspecified atom stereocenters. The second-order valence-corrected chi connectivity index (χ2v) is 6.60. The zero-order chi connectivity index (χ0) is 17.6. The molecule has 0 N–H and O–H groups in total. The zero-order valence-electron chi connectivity index (χ0n) is 13.9. The lowest BCUT2D eigenvalue weighted by molar-refractivity contribution is -0.130. The number of benzene rings is 2. The van der Waals surface area contributed by atoms with Crippen LogP contribution in [0.25, 0.3) is 0 Å². The lowest BCUT2D eigenvalue weighted by Gasteiger charge is -2.23. The van der Waals surface area contributed by atoms with E-state index in [-0.39, 0.29) is 24.4 Å². The van der Waals surface area contributed by atoms with Crippen molar-refractivity contribution in [3.8, 4) is 5.75 Å². The largest absolute Gasteiger partial charge is 0.484 e. The van der Waals surface area contributed by atoms with E-state index in [1.165, 1.54) is 12.1 Å². The molecule has 1 aliphatic heterocycles. The first kappa shape index (κ1) is 17.5. The maximum absolute atomic E-state index is 13.2. The number of rotatable bonds is 5. The van der Waals surface area contributed by atoms with Crippen LogP contribution in [0.2, 0.25) is 0 Å². The molecule has 0 spiro atoms. The quantitative estimate of drug-likeness (QED) is 0.802. The van der Waals surface area contributed by atoms with E-state index in [4.69, 9.17) is 4.74 Å². The highest BCUT2D eigenvalue weighted by Gasteiger charge is 2.34. The van der Waals surface area contributed by atoms with Gasteiger partial charge in [-0.05, 0) is 30.7 Å². The summed E-state index contributed by atoms with van der Waals surface area (Å²) >= 11 is 1.57. The van der Waals surface area contributed by atoms with Gasteiger partial charge in [-0.15, -0.1) is 0 Å². The van der Waals surface area contributed by atoms with Crippen LogP contribution in [0.1, 0.15) is 13.3 Å². The molecule has 2 aromatic carbocycles. The number of halogens is 1. The number of amidine groups is 1. The molecular weight excluding hydrogens is 339 g/mol. The molecule has 1 amide bonds. The summed E-state index contributed by atoms with van der Waals surface area (Å²) < 4.78 is 18.7. The number of hydrogen-bond acceptors (Lipinski definition) is 4. The van der Waals surface area contributed by atoms with Crippen molar-refractivity contribution in [1.29, 1.82) is 0 Å². The van der Waals surface area contributed by atoms with Gasteiger partial charge in [0.05, 0.1) is 5.69 Å². The molecule has 6 heteroatoms. The second kappa shape index (κ2) is 8.16. The van der Waals surface area contributed by atoms with Gasteiger partial charge in [0.1, 0.15) is 11.6 Å². The van der Waals surface area contributed by atoms with Crippen LogP contribution in [0.4, 0.5) is 10.1 Å². The van der Waals surface area contributed by atoms with Gasteiger partial charge >= 0.3 is 0 Å². The molecular formula is C19H19FN2O2S. The Kier molecular flexibility index (Phi) is 5.71. The van der Waals surface area contributed by atoms with Gasteiger partial charge in [0.25, 0.3) is 5.91 Å². The van der Waals surface area contributed by atoms with E-state index in [2.05, 4.69) is 4.99 Å². The van der Waals surface area contributed by atoms with Crippen LogP contribution in [0.3, 0.4) is 0 Å². The number of thioether (sulfide) groups is 1. The summed E-state index contributed by atoms with van der Waals surface area (Å²) in [5.74, 6) is 0.596. The van der Waals surface area contributed by atoms with Crippen molar-refractivity contribution in [2.24, 2.45) is 4.99 Å². The normalized spacial score (nSPS) is 18.6. The lowest BCUT2D eigenvalue weighted by Crippen LogP contribution is -2.41. The second-order valence-electron chi connectivity index (χ2n) is 5.61. The molecule has 130 valence electrons. The van der Waals surface area contributed by atoms with Crippen molar-refractivity contribution in [3.05, 3.63) is 60.4 Å². The average molecular weight is 358 g/mol. The third-order valence-corrected chi connectivity index (χ3v) is 4.95. The van der Waals surface area contributed by atoms with Gasteiger partial charge in [0.15, 0.2) is 11.8 Å². The number of aliphatic imine (C=N–C) groups is 1.